The van der Waals surface area contributed by atoms with Crippen molar-refractivity contribution in [2.24, 2.45) is 0 Å². The van der Waals surface area contributed by atoms with Crippen LogP contribution in [0.4, 0.5) is 17.6 Å². The number of carbonyl (C=O) groups excluding carboxylic acids is 1. The number of hydrogen-bond acceptors (Lipinski definition) is 4. The second-order valence-electron chi connectivity index (χ2n) is 2.97. The van der Waals surface area contributed by atoms with Gasteiger partial charge in [0.2, 0.25) is 0 Å². The summed E-state index contributed by atoms with van der Waals surface area (Å²) in [4.78, 5) is 13.9. The number of rotatable bonds is 4. The highest BCUT2D eigenvalue weighted by Crippen LogP contribution is 2.15. The molecule has 0 aliphatic heterocycles. The third kappa shape index (κ3) is 4.79. The van der Waals surface area contributed by atoms with E-state index in [1.807, 2.05) is 0 Å². The van der Waals surface area contributed by atoms with Crippen LogP contribution in [-0.2, 0) is 16.2 Å². The molecule has 1 rings (SSSR count). The van der Waals surface area contributed by atoms with Gasteiger partial charge >= 0.3 is 12.1 Å². The van der Waals surface area contributed by atoms with E-state index in [2.05, 4.69) is 10.3 Å². The van der Waals surface area contributed by atoms with Crippen LogP contribution in [0, 0.1) is 5.82 Å². The number of halogens is 4. The van der Waals surface area contributed by atoms with Crippen LogP contribution < -0.4 is 11.0 Å². The van der Waals surface area contributed by atoms with Crippen molar-refractivity contribution >= 4 is 5.97 Å². The van der Waals surface area contributed by atoms with E-state index < -0.39 is 18.0 Å². The number of alkyl halides is 3. The minimum atomic E-state index is -5.05. The Hall–Kier alpha value is -1.67. The van der Waals surface area contributed by atoms with Crippen molar-refractivity contribution in [2.75, 3.05) is 0 Å². The highest BCUT2D eigenvalue weighted by atomic mass is 19.4. The summed E-state index contributed by atoms with van der Waals surface area (Å²) in [5.74, 6) is -2.78. The van der Waals surface area contributed by atoms with Gasteiger partial charge in [-0.3, -0.25) is 0 Å². The number of hydrogen-bond donors (Lipinski definition) is 2. The van der Waals surface area contributed by atoms with Gasteiger partial charge in [0, 0.05) is 6.54 Å². The van der Waals surface area contributed by atoms with Crippen molar-refractivity contribution in [3.63, 3.8) is 0 Å². The van der Waals surface area contributed by atoms with Crippen LogP contribution >= 0.6 is 0 Å². The zero-order chi connectivity index (χ0) is 12.9. The first kappa shape index (κ1) is 13.4. The molecular formula is C9H8F4N2O2. The third-order valence-corrected chi connectivity index (χ3v) is 1.65. The first-order valence-corrected chi connectivity index (χ1v) is 4.40. The van der Waals surface area contributed by atoms with E-state index in [4.69, 9.17) is 0 Å². The van der Waals surface area contributed by atoms with Crippen molar-refractivity contribution in [2.45, 2.75) is 12.7 Å². The smallest absolute Gasteiger partial charge is 0.348 e. The zero-order valence-electron chi connectivity index (χ0n) is 8.34. The lowest BCUT2D eigenvalue weighted by molar-refractivity contribution is -0.209. The Morgan fingerprint density at radius 2 is 1.82 bits per heavy atom. The molecule has 0 amide bonds. The molecule has 0 heterocycles. The van der Waals surface area contributed by atoms with Gasteiger partial charge in [-0.05, 0) is 17.7 Å². The SMILES string of the molecule is O=C(ONNCc1ccc(F)cc1)C(F)(F)F. The predicted octanol–water partition coefficient (Wildman–Crippen LogP) is 1.44. The number of benzene rings is 1. The van der Waals surface area contributed by atoms with Gasteiger partial charge in [-0.25, -0.2) is 14.6 Å². The van der Waals surface area contributed by atoms with Crippen LogP contribution in [0.3, 0.4) is 0 Å². The van der Waals surface area contributed by atoms with Gasteiger partial charge in [-0.2, -0.15) is 13.2 Å². The fraction of sp³-hybridized carbons (Fsp3) is 0.222. The number of carbonyl (C=O) groups is 1. The van der Waals surface area contributed by atoms with E-state index in [9.17, 15) is 22.4 Å². The quantitative estimate of drug-likeness (QED) is 0.483. The average Bonchev–Trinajstić information content (AvgIpc) is 2.25. The van der Waals surface area contributed by atoms with E-state index in [0.717, 1.165) is 0 Å². The monoisotopic (exact) mass is 252 g/mol. The molecule has 1 aromatic carbocycles. The average molecular weight is 252 g/mol. The van der Waals surface area contributed by atoms with Gasteiger partial charge < -0.3 is 4.84 Å². The first-order chi connectivity index (χ1) is 7.89. The van der Waals surface area contributed by atoms with Gasteiger partial charge in [-0.1, -0.05) is 17.7 Å². The topological polar surface area (TPSA) is 50.4 Å². The second kappa shape index (κ2) is 5.60. The van der Waals surface area contributed by atoms with Crippen LogP contribution in [0.25, 0.3) is 0 Å². The van der Waals surface area contributed by atoms with Crippen LogP contribution in [0.2, 0.25) is 0 Å². The lowest BCUT2D eigenvalue weighted by Crippen LogP contribution is -2.38. The van der Waals surface area contributed by atoms with Crippen molar-refractivity contribution in [1.29, 1.82) is 0 Å². The Kier molecular flexibility index (Phi) is 4.41. The molecule has 4 nitrogen and oxygen atoms in total. The summed E-state index contributed by atoms with van der Waals surface area (Å²) >= 11 is 0. The molecule has 0 saturated carbocycles. The van der Waals surface area contributed by atoms with Crippen LogP contribution in [0.5, 0.6) is 0 Å². The fourth-order valence-corrected chi connectivity index (χ4v) is 0.881. The molecule has 0 aliphatic carbocycles. The first-order valence-electron chi connectivity index (χ1n) is 4.40. The summed E-state index contributed by atoms with van der Waals surface area (Å²) in [6.07, 6.45) is -5.05. The summed E-state index contributed by atoms with van der Waals surface area (Å²) in [6, 6.07) is 5.24. The number of hydrazine groups is 1. The highest BCUT2D eigenvalue weighted by molar-refractivity contribution is 5.75. The molecule has 0 saturated heterocycles. The zero-order valence-corrected chi connectivity index (χ0v) is 8.34. The summed E-state index contributed by atoms with van der Waals surface area (Å²) < 4.78 is 47.5. The van der Waals surface area contributed by atoms with E-state index in [1.165, 1.54) is 24.3 Å². The third-order valence-electron chi connectivity index (χ3n) is 1.65. The highest BCUT2D eigenvalue weighted by Gasteiger charge is 2.41. The molecule has 17 heavy (non-hydrogen) atoms. The molecule has 0 aliphatic rings. The molecule has 0 unspecified atom stereocenters. The maximum atomic E-state index is 12.5. The van der Waals surface area contributed by atoms with Gasteiger partial charge in [0.05, 0.1) is 0 Å². The van der Waals surface area contributed by atoms with Gasteiger partial charge in [0.15, 0.2) is 0 Å². The summed E-state index contributed by atoms with van der Waals surface area (Å²) in [7, 11) is 0. The van der Waals surface area contributed by atoms with Gasteiger partial charge in [0.1, 0.15) is 5.82 Å². The van der Waals surface area contributed by atoms with E-state index in [-0.39, 0.29) is 6.54 Å². The molecule has 0 bridgehead atoms. The van der Waals surface area contributed by atoms with E-state index >= 15 is 0 Å². The molecule has 0 radical (unpaired) electrons. The van der Waals surface area contributed by atoms with Crippen LogP contribution in [0.1, 0.15) is 5.56 Å². The Balaban J connectivity index is 2.25. The fourth-order valence-electron chi connectivity index (χ4n) is 0.881. The molecule has 8 heteroatoms. The van der Waals surface area contributed by atoms with Gasteiger partial charge in [0.25, 0.3) is 0 Å². The molecule has 94 valence electrons. The molecule has 0 fully saturated rings. The lowest BCUT2D eigenvalue weighted by atomic mass is 10.2. The minimum Gasteiger partial charge on any atom is -0.348 e. The van der Waals surface area contributed by atoms with E-state index in [0.29, 0.717) is 5.56 Å². The Bertz CT molecular complexity index is 378. The second-order valence-corrected chi connectivity index (χ2v) is 2.97. The minimum absolute atomic E-state index is 0.0609. The Morgan fingerprint density at radius 1 is 1.24 bits per heavy atom. The summed E-state index contributed by atoms with van der Waals surface area (Å²) in [5.41, 5.74) is 4.45. The molecule has 0 aromatic heterocycles. The Labute approximate surface area is 93.5 Å². The normalized spacial score (nSPS) is 11.3. The van der Waals surface area contributed by atoms with Crippen molar-refractivity contribution in [3.05, 3.63) is 35.6 Å². The summed E-state index contributed by atoms with van der Waals surface area (Å²) in [5, 5.41) is 0. The number of nitrogens with one attached hydrogen (secondary N) is 2. The predicted molar refractivity (Wildman–Crippen MR) is 48.5 cm³/mol. The molecule has 0 atom stereocenters. The maximum absolute atomic E-state index is 12.5. The van der Waals surface area contributed by atoms with Crippen LogP contribution in [0.15, 0.2) is 24.3 Å². The Morgan fingerprint density at radius 3 is 2.35 bits per heavy atom. The standard InChI is InChI=1S/C9H8F4N2O2/c10-7-3-1-6(2-4-7)5-14-15-17-8(16)9(11,12)13/h1-4,14-15H,5H2. The van der Waals surface area contributed by atoms with Crippen molar-refractivity contribution in [3.8, 4) is 0 Å². The molecular weight excluding hydrogens is 244 g/mol. The maximum Gasteiger partial charge on any atom is 0.492 e. The van der Waals surface area contributed by atoms with Crippen molar-refractivity contribution < 1.29 is 27.2 Å². The van der Waals surface area contributed by atoms with Gasteiger partial charge in [-0.15, -0.1) is 0 Å². The van der Waals surface area contributed by atoms with Crippen LogP contribution in [-0.4, -0.2) is 12.1 Å². The van der Waals surface area contributed by atoms with E-state index in [1.54, 1.807) is 5.59 Å². The molecule has 0 spiro atoms. The molecule has 1 aromatic rings. The van der Waals surface area contributed by atoms with Crippen molar-refractivity contribution in [1.82, 2.24) is 11.0 Å². The summed E-state index contributed by atoms with van der Waals surface area (Å²) in [6.45, 7) is 0.0609. The lowest BCUT2D eigenvalue weighted by Gasteiger charge is -2.08. The largest absolute Gasteiger partial charge is 0.492 e. The molecule has 2 N–H and O–H groups in total.